The molecule has 0 fully saturated rings. The SMILES string of the molecule is C[N+](C)(C[C@@H](Br)CBr)c1ccccc1. The average molecular weight is 322 g/mol. The molecule has 0 aliphatic rings. The minimum atomic E-state index is 0.512. The topological polar surface area (TPSA) is 0 Å². The zero-order valence-electron chi connectivity index (χ0n) is 8.58. The van der Waals surface area contributed by atoms with Crippen LogP contribution in [0.1, 0.15) is 0 Å². The van der Waals surface area contributed by atoms with Gasteiger partial charge in [-0.05, 0) is 12.1 Å². The summed E-state index contributed by atoms with van der Waals surface area (Å²) in [4.78, 5) is 0.512. The minimum absolute atomic E-state index is 0.512. The predicted octanol–water partition coefficient (Wildman–Crippen LogP) is 3.41. The van der Waals surface area contributed by atoms with Gasteiger partial charge in [0.15, 0.2) is 0 Å². The van der Waals surface area contributed by atoms with Gasteiger partial charge < -0.3 is 0 Å². The van der Waals surface area contributed by atoms with Gasteiger partial charge in [0.2, 0.25) is 0 Å². The van der Waals surface area contributed by atoms with Gasteiger partial charge in [-0.2, -0.15) is 0 Å². The van der Waals surface area contributed by atoms with Crippen molar-refractivity contribution in [2.75, 3.05) is 26.0 Å². The summed E-state index contributed by atoms with van der Waals surface area (Å²) in [5.41, 5.74) is 1.35. The molecule has 0 aliphatic carbocycles. The molecule has 0 N–H and O–H groups in total. The molecule has 14 heavy (non-hydrogen) atoms. The summed E-state index contributed by atoms with van der Waals surface area (Å²) in [6, 6.07) is 10.6. The molecule has 0 amide bonds. The van der Waals surface area contributed by atoms with Crippen molar-refractivity contribution in [2.24, 2.45) is 0 Å². The summed E-state index contributed by atoms with van der Waals surface area (Å²) in [6.07, 6.45) is 0. The van der Waals surface area contributed by atoms with E-state index < -0.39 is 0 Å². The first kappa shape index (κ1) is 12.2. The van der Waals surface area contributed by atoms with E-state index in [-0.39, 0.29) is 0 Å². The highest BCUT2D eigenvalue weighted by atomic mass is 79.9. The van der Waals surface area contributed by atoms with E-state index >= 15 is 0 Å². The molecule has 0 aliphatic heterocycles. The first-order valence-corrected chi connectivity index (χ1v) is 6.68. The summed E-state index contributed by atoms with van der Waals surface area (Å²) in [6.45, 7) is 1.08. The fourth-order valence-electron chi connectivity index (χ4n) is 1.48. The summed E-state index contributed by atoms with van der Waals surface area (Å²) >= 11 is 7.13. The lowest BCUT2D eigenvalue weighted by molar-refractivity contribution is 0.406. The van der Waals surface area contributed by atoms with Crippen LogP contribution in [0.3, 0.4) is 0 Å². The molecule has 78 valence electrons. The normalized spacial score (nSPS) is 14.0. The van der Waals surface area contributed by atoms with E-state index in [1.807, 2.05) is 0 Å². The molecule has 0 saturated carbocycles. The first-order valence-electron chi connectivity index (χ1n) is 4.65. The van der Waals surface area contributed by atoms with Crippen LogP contribution in [0.15, 0.2) is 30.3 Å². The number of benzene rings is 1. The van der Waals surface area contributed by atoms with E-state index in [1.165, 1.54) is 5.69 Å². The van der Waals surface area contributed by atoms with Gasteiger partial charge in [-0.1, -0.05) is 50.1 Å². The lowest BCUT2D eigenvalue weighted by Gasteiger charge is -2.30. The van der Waals surface area contributed by atoms with Crippen molar-refractivity contribution in [1.82, 2.24) is 4.48 Å². The molecular formula is C11H16Br2N+. The lowest BCUT2D eigenvalue weighted by atomic mass is 10.2. The molecular weight excluding hydrogens is 306 g/mol. The molecule has 0 aromatic heterocycles. The molecule has 0 saturated heterocycles. The molecule has 0 radical (unpaired) electrons. The number of halogens is 2. The van der Waals surface area contributed by atoms with Crippen LogP contribution in [0, 0.1) is 0 Å². The van der Waals surface area contributed by atoms with Gasteiger partial charge >= 0.3 is 0 Å². The van der Waals surface area contributed by atoms with Crippen molar-refractivity contribution >= 4 is 37.5 Å². The summed E-state index contributed by atoms with van der Waals surface area (Å²) in [5.74, 6) is 0. The molecule has 0 spiro atoms. The second-order valence-electron chi connectivity index (χ2n) is 3.95. The predicted molar refractivity (Wildman–Crippen MR) is 71.5 cm³/mol. The molecule has 0 unspecified atom stereocenters. The Morgan fingerprint density at radius 1 is 1.21 bits per heavy atom. The highest BCUT2D eigenvalue weighted by Gasteiger charge is 2.21. The van der Waals surface area contributed by atoms with Crippen LogP contribution < -0.4 is 4.48 Å². The van der Waals surface area contributed by atoms with Crippen LogP contribution in [0.25, 0.3) is 0 Å². The Kier molecular flexibility index (Phi) is 4.61. The molecule has 1 atom stereocenters. The van der Waals surface area contributed by atoms with Gasteiger partial charge in [0, 0.05) is 5.33 Å². The maximum Gasteiger partial charge on any atom is 0.132 e. The Balaban J connectivity index is 2.75. The highest BCUT2D eigenvalue weighted by Crippen LogP contribution is 2.20. The van der Waals surface area contributed by atoms with Crippen LogP contribution >= 0.6 is 31.9 Å². The smallest absolute Gasteiger partial charge is 0.132 e. The van der Waals surface area contributed by atoms with Crippen molar-refractivity contribution in [3.63, 3.8) is 0 Å². The zero-order chi connectivity index (χ0) is 10.6. The van der Waals surface area contributed by atoms with Crippen LogP contribution in [0.2, 0.25) is 0 Å². The average Bonchev–Trinajstić information content (AvgIpc) is 2.18. The quantitative estimate of drug-likeness (QED) is 0.589. The van der Waals surface area contributed by atoms with Crippen LogP contribution in [0.4, 0.5) is 5.69 Å². The molecule has 1 nitrogen and oxygen atoms in total. The number of hydrogen-bond donors (Lipinski definition) is 0. The van der Waals surface area contributed by atoms with Gasteiger partial charge in [0.05, 0.1) is 25.5 Å². The second-order valence-corrected chi connectivity index (χ2v) is 5.90. The number of hydrogen-bond acceptors (Lipinski definition) is 0. The molecule has 3 heteroatoms. The standard InChI is InChI=1S/C11H16Br2N/c1-14(2,9-10(13)8-12)11-6-4-3-5-7-11/h3-7,10H,8-9H2,1-2H3/q+1/t10-/m0/s1. The Hall–Kier alpha value is 0.140. The zero-order valence-corrected chi connectivity index (χ0v) is 11.8. The van der Waals surface area contributed by atoms with Crippen molar-refractivity contribution in [1.29, 1.82) is 0 Å². The first-order chi connectivity index (χ1) is 6.56. The third kappa shape index (κ3) is 3.37. The number of nitrogens with zero attached hydrogens (tertiary/aromatic N) is 1. The van der Waals surface area contributed by atoms with Gasteiger partial charge in [-0.3, -0.25) is 4.48 Å². The monoisotopic (exact) mass is 320 g/mol. The van der Waals surface area contributed by atoms with E-state index in [2.05, 4.69) is 76.3 Å². The minimum Gasteiger partial charge on any atom is -0.295 e. The largest absolute Gasteiger partial charge is 0.295 e. The van der Waals surface area contributed by atoms with Crippen molar-refractivity contribution in [3.05, 3.63) is 30.3 Å². The van der Waals surface area contributed by atoms with E-state index in [9.17, 15) is 0 Å². The summed E-state index contributed by atoms with van der Waals surface area (Å²) < 4.78 is 0.905. The molecule has 0 bridgehead atoms. The Morgan fingerprint density at radius 2 is 1.79 bits per heavy atom. The van der Waals surface area contributed by atoms with E-state index in [1.54, 1.807) is 0 Å². The maximum atomic E-state index is 3.65. The molecule has 1 aromatic carbocycles. The van der Waals surface area contributed by atoms with Crippen molar-refractivity contribution in [2.45, 2.75) is 4.83 Å². The molecule has 1 aromatic rings. The number of quaternary nitrogens is 1. The van der Waals surface area contributed by atoms with Gasteiger partial charge in [-0.15, -0.1) is 0 Å². The number of alkyl halides is 2. The van der Waals surface area contributed by atoms with E-state index in [4.69, 9.17) is 0 Å². The molecule has 0 heterocycles. The van der Waals surface area contributed by atoms with Crippen molar-refractivity contribution < 1.29 is 0 Å². The fourth-order valence-corrected chi connectivity index (χ4v) is 2.41. The Labute approximate surface area is 103 Å². The Bertz CT molecular complexity index is 272. The van der Waals surface area contributed by atoms with Gasteiger partial charge in [0.1, 0.15) is 5.69 Å². The highest BCUT2D eigenvalue weighted by molar-refractivity contribution is 9.12. The molecule has 1 rings (SSSR count). The summed E-state index contributed by atoms with van der Waals surface area (Å²) in [7, 11) is 4.46. The lowest BCUT2D eigenvalue weighted by Crippen LogP contribution is -2.45. The Morgan fingerprint density at radius 3 is 2.29 bits per heavy atom. The second kappa shape index (κ2) is 5.29. The van der Waals surface area contributed by atoms with Crippen molar-refractivity contribution in [3.8, 4) is 0 Å². The maximum absolute atomic E-state index is 3.65. The van der Waals surface area contributed by atoms with E-state index in [0.717, 1.165) is 16.4 Å². The third-order valence-electron chi connectivity index (χ3n) is 2.28. The summed E-state index contributed by atoms with van der Waals surface area (Å²) in [5, 5.41) is 0.988. The number of rotatable bonds is 4. The van der Waals surface area contributed by atoms with Crippen LogP contribution in [0.5, 0.6) is 0 Å². The van der Waals surface area contributed by atoms with Crippen LogP contribution in [-0.2, 0) is 0 Å². The third-order valence-corrected chi connectivity index (χ3v) is 4.54. The fraction of sp³-hybridized carbons (Fsp3) is 0.455. The van der Waals surface area contributed by atoms with E-state index in [0.29, 0.717) is 4.83 Å². The number of para-hydroxylation sites is 1. The van der Waals surface area contributed by atoms with Crippen LogP contribution in [-0.4, -0.2) is 30.8 Å². The van der Waals surface area contributed by atoms with Gasteiger partial charge in [0.25, 0.3) is 0 Å². The van der Waals surface area contributed by atoms with Gasteiger partial charge in [-0.25, -0.2) is 0 Å².